The molecular weight excluding hydrogens is 563 g/mol. The van der Waals surface area contributed by atoms with E-state index >= 15 is 0 Å². The van der Waals surface area contributed by atoms with Gasteiger partial charge in [0.15, 0.2) is 0 Å². The zero-order chi connectivity index (χ0) is 28.5. The molecule has 0 unspecified atom stereocenters. The lowest BCUT2D eigenvalue weighted by Gasteiger charge is -2.46. The second-order valence-electron chi connectivity index (χ2n) is 10.5. The molecule has 0 aliphatic carbocycles. The van der Waals surface area contributed by atoms with Gasteiger partial charge in [-0.15, -0.1) is 12.4 Å². The number of alkyl halides is 6. The fourth-order valence-electron chi connectivity index (χ4n) is 5.77. The van der Waals surface area contributed by atoms with Gasteiger partial charge in [-0.25, -0.2) is 9.18 Å². The Morgan fingerprint density at radius 3 is 2.08 bits per heavy atom. The van der Waals surface area contributed by atoms with E-state index in [1.807, 2.05) is 0 Å². The van der Waals surface area contributed by atoms with Crippen LogP contribution >= 0.6 is 12.4 Å². The molecule has 2 amide bonds. The maximum absolute atomic E-state index is 13.9. The molecule has 222 valence electrons. The van der Waals surface area contributed by atoms with Gasteiger partial charge in [0.25, 0.3) is 0 Å². The maximum atomic E-state index is 13.9. The molecule has 2 aromatic rings. The molecule has 4 rings (SSSR count). The molecule has 0 aromatic heterocycles. The van der Waals surface area contributed by atoms with Crippen LogP contribution in [0.2, 0.25) is 0 Å². The summed E-state index contributed by atoms with van der Waals surface area (Å²) >= 11 is 0. The van der Waals surface area contributed by atoms with Gasteiger partial charge in [0.05, 0.1) is 17.2 Å². The minimum atomic E-state index is -4.97. The van der Waals surface area contributed by atoms with Crippen LogP contribution in [0, 0.1) is 12.7 Å². The molecule has 0 saturated carbocycles. The summed E-state index contributed by atoms with van der Waals surface area (Å²) in [6, 6.07) is 5.04. The van der Waals surface area contributed by atoms with Crippen molar-refractivity contribution in [2.24, 2.45) is 0 Å². The van der Waals surface area contributed by atoms with Crippen molar-refractivity contribution in [1.29, 1.82) is 0 Å². The number of aryl methyl sites for hydroxylation is 1. The Kier molecular flexibility index (Phi) is 10.0. The van der Waals surface area contributed by atoms with Gasteiger partial charge >= 0.3 is 18.4 Å². The number of carbonyl (C=O) groups is 1. The third kappa shape index (κ3) is 7.40. The van der Waals surface area contributed by atoms with Gasteiger partial charge in [-0.1, -0.05) is 12.5 Å². The summed E-state index contributed by atoms with van der Waals surface area (Å²) in [5.41, 5.74) is -1.66. The predicted molar refractivity (Wildman–Crippen MR) is 140 cm³/mol. The normalized spacial score (nSPS) is 20.7. The average molecular weight is 596 g/mol. The van der Waals surface area contributed by atoms with E-state index in [9.17, 15) is 35.5 Å². The number of halogens is 8. The number of amides is 2. The highest BCUT2D eigenvalue weighted by molar-refractivity contribution is 5.85. The van der Waals surface area contributed by atoms with E-state index in [1.165, 1.54) is 25.6 Å². The number of benzene rings is 2. The zero-order valence-electron chi connectivity index (χ0n) is 22.3. The molecule has 2 aromatic carbocycles. The lowest BCUT2D eigenvalue weighted by Crippen LogP contribution is -2.52. The first-order valence-corrected chi connectivity index (χ1v) is 13.0. The van der Waals surface area contributed by atoms with Crippen molar-refractivity contribution in [3.05, 3.63) is 70.0 Å². The first-order chi connectivity index (χ1) is 18.2. The van der Waals surface area contributed by atoms with Crippen LogP contribution in [0.1, 0.15) is 66.0 Å². The Bertz CT molecular complexity index is 1150. The van der Waals surface area contributed by atoms with E-state index in [0.29, 0.717) is 37.1 Å². The molecular formula is C28H33ClF7N3O. The van der Waals surface area contributed by atoms with Crippen molar-refractivity contribution in [3.8, 4) is 0 Å². The number of likely N-dealkylation sites (tertiary alicyclic amines) is 2. The zero-order valence-corrected chi connectivity index (χ0v) is 23.1. The highest BCUT2D eigenvalue weighted by Gasteiger charge is 2.39. The van der Waals surface area contributed by atoms with Gasteiger partial charge in [0, 0.05) is 26.2 Å². The third-order valence-corrected chi connectivity index (χ3v) is 7.71. The number of urea groups is 1. The first-order valence-electron chi connectivity index (χ1n) is 13.0. The topological polar surface area (TPSA) is 26.8 Å². The van der Waals surface area contributed by atoms with Crippen LogP contribution in [0.4, 0.5) is 35.5 Å². The molecule has 2 aliphatic heterocycles. The molecule has 0 radical (unpaired) electrons. The highest BCUT2D eigenvalue weighted by Crippen LogP contribution is 2.38. The minimum absolute atomic E-state index is 0. The molecule has 2 atom stereocenters. The molecule has 40 heavy (non-hydrogen) atoms. The summed E-state index contributed by atoms with van der Waals surface area (Å²) in [5.74, 6) is -0.403. The predicted octanol–water partition coefficient (Wildman–Crippen LogP) is 7.84. The Morgan fingerprint density at radius 2 is 1.52 bits per heavy atom. The summed E-state index contributed by atoms with van der Waals surface area (Å²) < 4.78 is 93.9. The van der Waals surface area contributed by atoms with Crippen LogP contribution in [0.25, 0.3) is 0 Å². The van der Waals surface area contributed by atoms with Crippen LogP contribution in [0.5, 0.6) is 0 Å². The Morgan fingerprint density at radius 1 is 0.925 bits per heavy atom. The SMILES string of the molecule is Cc1cc(F)ccc1[C@@H]1C[C@@H](N2CCCCC2)CCN1C(=O)N(C)Cc1cc(C(F)(F)F)cc(C(F)(F)F)c1.Cl. The van der Waals surface area contributed by atoms with Gasteiger partial charge in [0.2, 0.25) is 0 Å². The van der Waals surface area contributed by atoms with Crippen molar-refractivity contribution in [2.75, 3.05) is 26.7 Å². The summed E-state index contributed by atoms with van der Waals surface area (Å²) in [6.07, 6.45) is -5.28. The monoisotopic (exact) mass is 595 g/mol. The summed E-state index contributed by atoms with van der Waals surface area (Å²) in [4.78, 5) is 18.8. The first kappa shape index (κ1) is 32.0. The van der Waals surface area contributed by atoms with Crippen molar-refractivity contribution in [1.82, 2.24) is 14.7 Å². The molecule has 0 bridgehead atoms. The van der Waals surface area contributed by atoms with Gasteiger partial charge < -0.3 is 14.7 Å². The van der Waals surface area contributed by atoms with Crippen LogP contribution in [-0.4, -0.2) is 53.5 Å². The van der Waals surface area contributed by atoms with E-state index < -0.39 is 47.9 Å². The number of hydrogen-bond donors (Lipinski definition) is 0. The van der Waals surface area contributed by atoms with E-state index in [-0.39, 0.29) is 30.1 Å². The largest absolute Gasteiger partial charge is 0.416 e. The number of carbonyl (C=O) groups excluding carboxylic acids is 1. The molecule has 2 heterocycles. The third-order valence-electron chi connectivity index (χ3n) is 7.71. The molecule has 0 spiro atoms. The van der Waals surface area contributed by atoms with Crippen molar-refractivity contribution in [2.45, 2.75) is 70.0 Å². The van der Waals surface area contributed by atoms with Crippen molar-refractivity contribution >= 4 is 18.4 Å². The van der Waals surface area contributed by atoms with E-state index in [1.54, 1.807) is 17.9 Å². The maximum Gasteiger partial charge on any atom is 0.416 e. The van der Waals surface area contributed by atoms with Gasteiger partial charge in [-0.2, -0.15) is 26.3 Å². The van der Waals surface area contributed by atoms with Gasteiger partial charge in [-0.3, -0.25) is 0 Å². The van der Waals surface area contributed by atoms with Crippen LogP contribution in [0.3, 0.4) is 0 Å². The molecule has 2 aliphatic rings. The number of piperidine rings is 2. The molecule has 2 fully saturated rings. The van der Waals surface area contributed by atoms with E-state index in [4.69, 9.17) is 0 Å². The van der Waals surface area contributed by atoms with Crippen LogP contribution < -0.4 is 0 Å². The van der Waals surface area contributed by atoms with E-state index in [2.05, 4.69) is 4.90 Å². The number of nitrogens with zero attached hydrogens (tertiary/aromatic N) is 3. The Balaban J connectivity index is 0.00000441. The van der Waals surface area contributed by atoms with Crippen LogP contribution in [-0.2, 0) is 18.9 Å². The van der Waals surface area contributed by atoms with Crippen molar-refractivity contribution in [3.63, 3.8) is 0 Å². The second kappa shape index (κ2) is 12.5. The smallest absolute Gasteiger partial charge is 0.323 e. The fraction of sp³-hybridized carbons (Fsp3) is 0.536. The molecule has 2 saturated heterocycles. The summed E-state index contributed by atoms with van der Waals surface area (Å²) in [5, 5.41) is 0. The number of hydrogen-bond acceptors (Lipinski definition) is 2. The standard InChI is InChI=1S/C28H32F7N3O.ClH/c1-18-12-22(29)6-7-24(18)25-16-23(37-9-4-3-5-10-37)8-11-38(25)26(39)36(2)17-19-13-20(27(30,31)32)15-21(14-19)28(33,34)35;/h6-7,12-15,23,25H,3-5,8-11,16-17H2,1-2H3;1H/t23-,25-;/m0./s1. The van der Waals surface area contributed by atoms with Gasteiger partial charge in [0.1, 0.15) is 5.82 Å². The van der Waals surface area contributed by atoms with E-state index in [0.717, 1.165) is 36.4 Å². The summed E-state index contributed by atoms with van der Waals surface area (Å²) in [7, 11) is 1.36. The Hall–Kier alpha value is -2.53. The van der Waals surface area contributed by atoms with Gasteiger partial charge in [-0.05, 0) is 92.7 Å². The fourth-order valence-corrected chi connectivity index (χ4v) is 5.77. The molecule has 12 heteroatoms. The lowest BCUT2D eigenvalue weighted by atomic mass is 9.88. The lowest BCUT2D eigenvalue weighted by molar-refractivity contribution is -0.143. The quantitative estimate of drug-likeness (QED) is 0.337. The highest BCUT2D eigenvalue weighted by atomic mass is 35.5. The Labute approximate surface area is 235 Å². The molecule has 4 nitrogen and oxygen atoms in total. The second-order valence-corrected chi connectivity index (χ2v) is 10.5. The number of rotatable bonds is 4. The van der Waals surface area contributed by atoms with Crippen molar-refractivity contribution < 1.29 is 35.5 Å². The minimum Gasteiger partial charge on any atom is -0.323 e. The average Bonchev–Trinajstić information content (AvgIpc) is 2.87. The molecule has 0 N–H and O–H groups in total. The van der Waals surface area contributed by atoms with Crippen LogP contribution in [0.15, 0.2) is 36.4 Å². The summed E-state index contributed by atoms with van der Waals surface area (Å²) in [6.45, 7) is 3.61.